The number of hydrogen-bond acceptors (Lipinski definition) is 8. The van der Waals surface area contributed by atoms with E-state index < -0.39 is 5.97 Å². The van der Waals surface area contributed by atoms with Crippen LogP contribution in [0, 0.1) is 6.92 Å². The summed E-state index contributed by atoms with van der Waals surface area (Å²) in [6.45, 7) is 8.68. The summed E-state index contributed by atoms with van der Waals surface area (Å²) in [4.78, 5) is 35.8. The minimum absolute atomic E-state index is 0.00490. The van der Waals surface area contributed by atoms with Crippen LogP contribution in [-0.4, -0.2) is 65.3 Å². The largest absolute Gasteiger partial charge is 0.467 e. The molecule has 146 valence electrons. The molecule has 3 heterocycles. The lowest BCUT2D eigenvalue weighted by atomic mass is 10.2. The number of esters is 1. The highest BCUT2D eigenvalue weighted by Crippen LogP contribution is 2.34. The summed E-state index contributed by atoms with van der Waals surface area (Å²) in [5, 5.41) is 0.641. The summed E-state index contributed by atoms with van der Waals surface area (Å²) >= 11 is 1.23. The average molecular weight is 393 g/mol. The fourth-order valence-corrected chi connectivity index (χ4v) is 4.18. The van der Waals surface area contributed by atoms with E-state index in [-0.39, 0.29) is 24.7 Å². The van der Waals surface area contributed by atoms with Crippen LogP contribution in [0.25, 0.3) is 10.2 Å². The van der Waals surface area contributed by atoms with Gasteiger partial charge in [-0.1, -0.05) is 0 Å². The van der Waals surface area contributed by atoms with Crippen LogP contribution in [0.2, 0.25) is 0 Å². The highest BCUT2D eigenvalue weighted by atomic mass is 32.1. The molecule has 1 aliphatic heterocycles. The number of thiophene rings is 1. The van der Waals surface area contributed by atoms with Gasteiger partial charge in [0.15, 0.2) is 6.61 Å². The Hall–Kier alpha value is -2.26. The molecule has 2 atom stereocenters. The molecule has 0 aliphatic carbocycles. The number of carbonyl (C=O) groups is 2. The fraction of sp³-hybridized carbons (Fsp3) is 0.556. The number of nitrogens with zero attached hydrogens (tertiary/aromatic N) is 3. The SMILES string of the molecule is CCOC(=O)c1sc2ncnc(OCC(=O)N3C[C@@H](C)O[C@H](C)C3)c2c1C. The molecule has 1 amide bonds. The number of morpholine rings is 1. The molecule has 8 nitrogen and oxygen atoms in total. The third-order valence-corrected chi connectivity index (χ3v) is 5.44. The Morgan fingerprint density at radius 1 is 1.30 bits per heavy atom. The van der Waals surface area contributed by atoms with Crippen LogP contribution in [0.3, 0.4) is 0 Å². The zero-order valence-electron chi connectivity index (χ0n) is 15.9. The maximum atomic E-state index is 12.5. The first-order valence-electron chi connectivity index (χ1n) is 8.88. The molecule has 1 aliphatic rings. The number of hydrogen-bond donors (Lipinski definition) is 0. The molecule has 27 heavy (non-hydrogen) atoms. The van der Waals surface area contributed by atoms with Crippen LogP contribution in [0.5, 0.6) is 5.88 Å². The first-order valence-corrected chi connectivity index (χ1v) is 9.69. The second-order valence-electron chi connectivity index (χ2n) is 6.48. The molecule has 0 aromatic carbocycles. The average Bonchev–Trinajstić information content (AvgIpc) is 2.96. The Kier molecular flexibility index (Phi) is 5.91. The smallest absolute Gasteiger partial charge is 0.348 e. The lowest BCUT2D eigenvalue weighted by molar-refractivity contribution is -0.145. The van der Waals surface area contributed by atoms with Crippen molar-refractivity contribution >= 4 is 33.4 Å². The molecule has 1 fully saturated rings. The lowest BCUT2D eigenvalue weighted by Gasteiger charge is -2.35. The molecular formula is C18H23N3O5S. The minimum Gasteiger partial charge on any atom is -0.467 e. The Morgan fingerprint density at radius 2 is 2.00 bits per heavy atom. The number of rotatable bonds is 5. The van der Waals surface area contributed by atoms with Gasteiger partial charge in [-0.3, -0.25) is 4.79 Å². The molecule has 0 unspecified atom stereocenters. The Morgan fingerprint density at radius 3 is 2.67 bits per heavy atom. The molecule has 2 aromatic heterocycles. The Balaban J connectivity index is 1.77. The van der Waals surface area contributed by atoms with Gasteiger partial charge in [0.2, 0.25) is 5.88 Å². The number of aryl methyl sites for hydroxylation is 1. The topological polar surface area (TPSA) is 90.8 Å². The lowest BCUT2D eigenvalue weighted by Crippen LogP contribution is -2.49. The van der Waals surface area contributed by atoms with Gasteiger partial charge < -0.3 is 19.1 Å². The first kappa shape index (κ1) is 19.5. The van der Waals surface area contributed by atoms with Gasteiger partial charge in [0.25, 0.3) is 5.91 Å². The fourth-order valence-electron chi connectivity index (χ4n) is 3.14. The molecule has 1 saturated heterocycles. The maximum Gasteiger partial charge on any atom is 0.348 e. The Labute approximate surface area is 161 Å². The third-order valence-electron chi connectivity index (χ3n) is 4.26. The van der Waals surface area contributed by atoms with E-state index in [1.54, 1.807) is 18.7 Å². The van der Waals surface area contributed by atoms with Gasteiger partial charge in [-0.05, 0) is 33.3 Å². The van der Waals surface area contributed by atoms with Crippen LogP contribution >= 0.6 is 11.3 Å². The van der Waals surface area contributed by atoms with Gasteiger partial charge in [0.1, 0.15) is 16.0 Å². The molecule has 0 bridgehead atoms. The number of ether oxygens (including phenoxy) is 3. The molecule has 3 rings (SSSR count). The van der Waals surface area contributed by atoms with E-state index in [1.165, 1.54) is 17.7 Å². The van der Waals surface area contributed by atoms with Crippen molar-refractivity contribution in [2.75, 3.05) is 26.3 Å². The zero-order valence-corrected chi connectivity index (χ0v) is 16.7. The molecular weight excluding hydrogens is 370 g/mol. The summed E-state index contributed by atoms with van der Waals surface area (Å²) in [7, 11) is 0. The van der Waals surface area contributed by atoms with Crippen LogP contribution < -0.4 is 4.74 Å². The standard InChI is InChI=1S/C18H23N3O5S/c1-5-24-18(23)15-12(4)14-16(19-9-20-17(14)27-15)25-8-13(22)21-6-10(2)26-11(3)7-21/h9-11H,5-8H2,1-4H3/t10-,11-/m1/s1. The number of aromatic nitrogens is 2. The van der Waals surface area contributed by atoms with E-state index >= 15 is 0 Å². The predicted octanol–water partition coefficient (Wildman–Crippen LogP) is 2.19. The van der Waals surface area contributed by atoms with Gasteiger partial charge >= 0.3 is 5.97 Å². The summed E-state index contributed by atoms with van der Waals surface area (Å²) < 4.78 is 16.4. The van der Waals surface area contributed by atoms with Crippen LogP contribution in [0.15, 0.2) is 6.33 Å². The quantitative estimate of drug-likeness (QED) is 0.719. The summed E-state index contributed by atoms with van der Waals surface area (Å²) in [5.74, 6) is -0.217. The van der Waals surface area contributed by atoms with Crippen molar-refractivity contribution in [2.24, 2.45) is 0 Å². The number of carbonyl (C=O) groups excluding carboxylic acids is 2. The van der Waals surface area contributed by atoms with Gasteiger partial charge in [-0.15, -0.1) is 11.3 Å². The molecule has 0 N–H and O–H groups in total. The molecule has 0 radical (unpaired) electrons. The summed E-state index contributed by atoms with van der Waals surface area (Å²) in [6.07, 6.45) is 1.36. The predicted molar refractivity (Wildman–Crippen MR) is 100 cm³/mol. The van der Waals surface area contributed by atoms with E-state index in [4.69, 9.17) is 14.2 Å². The van der Waals surface area contributed by atoms with Gasteiger partial charge in [-0.25, -0.2) is 14.8 Å². The van der Waals surface area contributed by atoms with E-state index in [0.29, 0.717) is 46.2 Å². The molecule has 9 heteroatoms. The van der Waals surface area contributed by atoms with Crippen LogP contribution in [0.4, 0.5) is 0 Å². The normalized spacial score (nSPS) is 19.9. The molecule has 2 aromatic rings. The maximum absolute atomic E-state index is 12.5. The Bertz CT molecular complexity index is 843. The van der Waals surface area contributed by atoms with Crippen molar-refractivity contribution in [3.63, 3.8) is 0 Å². The van der Waals surface area contributed by atoms with Crippen molar-refractivity contribution < 1.29 is 23.8 Å². The highest BCUT2D eigenvalue weighted by Gasteiger charge is 2.27. The van der Waals surface area contributed by atoms with E-state index in [2.05, 4.69) is 9.97 Å². The van der Waals surface area contributed by atoms with Crippen LogP contribution in [-0.2, 0) is 14.3 Å². The van der Waals surface area contributed by atoms with Gasteiger partial charge in [-0.2, -0.15) is 0 Å². The van der Waals surface area contributed by atoms with Crippen molar-refractivity contribution in [2.45, 2.75) is 39.9 Å². The summed E-state index contributed by atoms with van der Waals surface area (Å²) in [5.41, 5.74) is 0.699. The first-order chi connectivity index (χ1) is 12.9. The van der Waals surface area contributed by atoms with Crippen molar-refractivity contribution in [3.8, 4) is 5.88 Å². The third kappa shape index (κ3) is 4.19. The minimum atomic E-state index is -0.392. The second kappa shape index (κ2) is 8.18. The van der Waals surface area contributed by atoms with Crippen molar-refractivity contribution in [1.82, 2.24) is 14.9 Å². The van der Waals surface area contributed by atoms with Crippen molar-refractivity contribution in [3.05, 3.63) is 16.8 Å². The monoisotopic (exact) mass is 393 g/mol. The summed E-state index contributed by atoms with van der Waals surface area (Å²) in [6, 6.07) is 0. The molecule has 0 saturated carbocycles. The van der Waals surface area contributed by atoms with E-state index in [1.807, 2.05) is 13.8 Å². The number of fused-ring (bicyclic) bond motifs is 1. The van der Waals surface area contributed by atoms with Gasteiger partial charge in [0, 0.05) is 13.1 Å². The van der Waals surface area contributed by atoms with Gasteiger partial charge in [0.05, 0.1) is 24.2 Å². The van der Waals surface area contributed by atoms with E-state index in [9.17, 15) is 9.59 Å². The van der Waals surface area contributed by atoms with E-state index in [0.717, 1.165) is 0 Å². The zero-order chi connectivity index (χ0) is 19.6. The van der Waals surface area contributed by atoms with Crippen LogP contribution in [0.1, 0.15) is 36.0 Å². The second-order valence-corrected chi connectivity index (χ2v) is 7.48. The highest BCUT2D eigenvalue weighted by molar-refractivity contribution is 7.20. The number of amides is 1. The molecule has 0 spiro atoms. The van der Waals surface area contributed by atoms with Crippen molar-refractivity contribution in [1.29, 1.82) is 0 Å².